The second-order valence-electron chi connectivity index (χ2n) is 6.01. The van der Waals surface area contributed by atoms with Gasteiger partial charge in [-0.15, -0.1) is 0 Å². The topological polar surface area (TPSA) is 52.6 Å². The van der Waals surface area contributed by atoms with E-state index in [4.69, 9.17) is 9.05 Å². The fraction of sp³-hybridized carbons (Fsp3) is 0.706. The molecule has 0 heterocycles. The molecule has 0 aliphatic heterocycles. The van der Waals surface area contributed by atoms with Crippen LogP contribution in [0.4, 0.5) is 0 Å². The van der Waals surface area contributed by atoms with Crippen molar-refractivity contribution in [2.75, 3.05) is 14.2 Å². The molecule has 128 valence electrons. The number of allylic oxidation sites excluding steroid dienone is 4. The number of carbonyl (C=O) groups is 1. The molecule has 0 N–H and O–H groups in total. The van der Waals surface area contributed by atoms with Gasteiger partial charge in [-0.2, -0.15) is 0 Å². The third-order valence-corrected chi connectivity index (χ3v) is 5.31. The van der Waals surface area contributed by atoms with E-state index < -0.39 is 13.1 Å². The minimum atomic E-state index is -3.56. The van der Waals surface area contributed by atoms with E-state index in [1.165, 1.54) is 25.4 Å². The predicted octanol–water partition coefficient (Wildman–Crippen LogP) is 5.50. The monoisotopic (exact) mass is 330 g/mol. The smallest absolute Gasteiger partial charge is 0.307 e. The summed E-state index contributed by atoms with van der Waals surface area (Å²) in [4.78, 5) is 11.9. The molecule has 5 heteroatoms. The first kappa shape index (κ1) is 21.3. The molecule has 0 amide bonds. The molecule has 0 saturated heterocycles. The summed E-state index contributed by atoms with van der Waals surface area (Å²) in [7, 11) is -1.08. The average molecular weight is 330 g/mol. The first-order valence-electron chi connectivity index (χ1n) is 7.79. The Morgan fingerprint density at radius 1 is 1.09 bits per heavy atom. The third kappa shape index (κ3) is 8.67. The maximum Gasteiger partial charge on any atom is 0.396 e. The molecule has 0 aliphatic rings. The number of carbonyl (C=O) groups excluding carboxylic acids is 1. The molecule has 0 rings (SSSR count). The number of hydrogen-bond acceptors (Lipinski definition) is 4. The minimum Gasteiger partial charge on any atom is -0.307 e. The molecular formula is C17H31O4P. The lowest BCUT2D eigenvalue weighted by atomic mass is 10.0. The van der Waals surface area contributed by atoms with E-state index in [-0.39, 0.29) is 12.3 Å². The molecule has 0 aromatic heterocycles. The molecular weight excluding hydrogens is 299 g/mol. The van der Waals surface area contributed by atoms with Gasteiger partial charge in [-0.3, -0.25) is 9.36 Å². The molecule has 0 bridgehead atoms. The van der Waals surface area contributed by atoms with Crippen LogP contribution in [0.3, 0.4) is 0 Å². The van der Waals surface area contributed by atoms with Crippen LogP contribution >= 0.6 is 7.60 Å². The molecule has 1 atom stereocenters. The Kier molecular flexibility index (Phi) is 10.6. The van der Waals surface area contributed by atoms with Crippen molar-refractivity contribution in [2.45, 2.75) is 59.8 Å². The van der Waals surface area contributed by atoms with Crippen LogP contribution in [-0.4, -0.2) is 19.7 Å². The van der Waals surface area contributed by atoms with Gasteiger partial charge >= 0.3 is 7.60 Å². The molecule has 4 nitrogen and oxygen atoms in total. The summed E-state index contributed by atoms with van der Waals surface area (Å²) in [6.07, 6.45) is 8.66. The van der Waals surface area contributed by atoms with Crippen molar-refractivity contribution in [1.82, 2.24) is 0 Å². The van der Waals surface area contributed by atoms with Crippen LogP contribution in [0.1, 0.15) is 59.8 Å². The normalized spacial score (nSPS) is 13.8. The van der Waals surface area contributed by atoms with Gasteiger partial charge in [0.2, 0.25) is 5.52 Å². The van der Waals surface area contributed by atoms with Crippen molar-refractivity contribution < 1.29 is 18.4 Å². The summed E-state index contributed by atoms with van der Waals surface area (Å²) >= 11 is 0. The summed E-state index contributed by atoms with van der Waals surface area (Å²) < 4.78 is 21.4. The standard InChI is InChI=1S/C17H31O4P/c1-14(2)9-7-10-15(3)11-8-12-16(4)13-17(18)22(19,20-5)21-6/h9,11,16H,7-8,10,12-13H2,1-6H3. The maximum absolute atomic E-state index is 11.9. The van der Waals surface area contributed by atoms with Gasteiger partial charge < -0.3 is 9.05 Å². The average Bonchev–Trinajstić information content (AvgIpc) is 2.45. The van der Waals surface area contributed by atoms with E-state index in [1.807, 2.05) is 6.92 Å². The fourth-order valence-corrected chi connectivity index (χ4v) is 3.19. The minimum absolute atomic E-state index is 0.160. The van der Waals surface area contributed by atoms with Crippen molar-refractivity contribution in [1.29, 1.82) is 0 Å². The highest BCUT2D eigenvalue weighted by Crippen LogP contribution is 2.49. The highest BCUT2D eigenvalue weighted by atomic mass is 31.2. The van der Waals surface area contributed by atoms with Gasteiger partial charge in [0.1, 0.15) is 0 Å². The van der Waals surface area contributed by atoms with Gasteiger partial charge in [0.15, 0.2) is 0 Å². The van der Waals surface area contributed by atoms with E-state index in [2.05, 4.69) is 32.9 Å². The molecule has 22 heavy (non-hydrogen) atoms. The van der Waals surface area contributed by atoms with E-state index in [9.17, 15) is 9.36 Å². The Labute approximate surface area is 135 Å². The van der Waals surface area contributed by atoms with E-state index in [0.29, 0.717) is 0 Å². The van der Waals surface area contributed by atoms with Crippen molar-refractivity contribution in [3.63, 3.8) is 0 Å². The summed E-state index contributed by atoms with van der Waals surface area (Å²) in [6.45, 7) is 8.34. The Hall–Kier alpha value is -0.700. The lowest BCUT2D eigenvalue weighted by molar-refractivity contribution is -0.114. The first-order chi connectivity index (χ1) is 10.2. The lowest BCUT2D eigenvalue weighted by Crippen LogP contribution is -2.08. The van der Waals surface area contributed by atoms with Crippen LogP contribution in [0.5, 0.6) is 0 Å². The largest absolute Gasteiger partial charge is 0.396 e. The van der Waals surface area contributed by atoms with Gasteiger partial charge in [0.05, 0.1) is 0 Å². The van der Waals surface area contributed by atoms with Gasteiger partial charge in [-0.05, 0) is 52.4 Å². The van der Waals surface area contributed by atoms with Crippen molar-refractivity contribution >= 4 is 13.1 Å². The fourth-order valence-electron chi connectivity index (χ4n) is 2.09. The van der Waals surface area contributed by atoms with Crippen LogP contribution in [0.2, 0.25) is 0 Å². The molecule has 1 unspecified atom stereocenters. The van der Waals surface area contributed by atoms with E-state index in [1.54, 1.807) is 0 Å². The zero-order valence-corrected chi connectivity index (χ0v) is 15.7. The van der Waals surface area contributed by atoms with Gasteiger partial charge in [0, 0.05) is 20.6 Å². The summed E-state index contributed by atoms with van der Waals surface area (Å²) in [5.74, 6) is 0.160. The maximum atomic E-state index is 11.9. The molecule has 0 radical (unpaired) electrons. The summed E-state index contributed by atoms with van der Waals surface area (Å²) in [5, 5.41) is 0. The Morgan fingerprint density at radius 2 is 1.68 bits per heavy atom. The molecule has 0 spiro atoms. The van der Waals surface area contributed by atoms with Gasteiger partial charge in [0.25, 0.3) is 0 Å². The molecule has 0 fully saturated rings. The van der Waals surface area contributed by atoms with Crippen LogP contribution < -0.4 is 0 Å². The number of hydrogen-bond donors (Lipinski definition) is 0. The Balaban J connectivity index is 4.18. The quantitative estimate of drug-likeness (QED) is 0.371. The molecule has 0 aliphatic carbocycles. The van der Waals surface area contributed by atoms with Crippen LogP contribution in [0.15, 0.2) is 23.3 Å². The second-order valence-corrected chi connectivity index (χ2v) is 8.24. The predicted molar refractivity (Wildman–Crippen MR) is 92.1 cm³/mol. The van der Waals surface area contributed by atoms with Crippen LogP contribution in [0, 0.1) is 5.92 Å². The molecule has 0 aromatic carbocycles. The van der Waals surface area contributed by atoms with Crippen LogP contribution in [-0.2, 0) is 18.4 Å². The second kappa shape index (κ2) is 10.9. The highest BCUT2D eigenvalue weighted by molar-refractivity contribution is 7.71. The van der Waals surface area contributed by atoms with Crippen molar-refractivity contribution in [3.8, 4) is 0 Å². The Bertz CT molecular complexity index is 440. The zero-order valence-electron chi connectivity index (χ0n) is 14.8. The van der Waals surface area contributed by atoms with Gasteiger partial charge in [-0.1, -0.05) is 30.2 Å². The van der Waals surface area contributed by atoms with Gasteiger partial charge in [-0.25, -0.2) is 0 Å². The first-order valence-corrected chi connectivity index (χ1v) is 9.33. The summed E-state index contributed by atoms with van der Waals surface area (Å²) in [5.41, 5.74) is 2.28. The highest BCUT2D eigenvalue weighted by Gasteiger charge is 2.32. The SMILES string of the molecule is COP(=O)(OC)C(=O)CC(C)CCC=C(C)CCC=C(C)C. The summed E-state index contributed by atoms with van der Waals surface area (Å²) in [6, 6.07) is 0. The lowest BCUT2D eigenvalue weighted by Gasteiger charge is -2.15. The molecule has 0 saturated carbocycles. The molecule has 0 aromatic rings. The van der Waals surface area contributed by atoms with Crippen molar-refractivity contribution in [3.05, 3.63) is 23.3 Å². The zero-order chi connectivity index (χ0) is 17.2. The van der Waals surface area contributed by atoms with E-state index >= 15 is 0 Å². The van der Waals surface area contributed by atoms with E-state index in [0.717, 1.165) is 25.7 Å². The number of rotatable bonds is 11. The van der Waals surface area contributed by atoms with Crippen molar-refractivity contribution in [2.24, 2.45) is 5.92 Å². The third-order valence-electron chi connectivity index (χ3n) is 3.55. The van der Waals surface area contributed by atoms with Crippen LogP contribution in [0.25, 0.3) is 0 Å². The Morgan fingerprint density at radius 3 is 2.18 bits per heavy atom.